The largest absolute Gasteiger partial charge is 0.455 e. The van der Waals surface area contributed by atoms with E-state index in [9.17, 15) is 0 Å². The van der Waals surface area contributed by atoms with Crippen LogP contribution in [0, 0.1) is 6.92 Å². The first-order chi connectivity index (χ1) is 9.56. The lowest BCUT2D eigenvalue weighted by molar-refractivity contribution is 0.463. The van der Waals surface area contributed by atoms with E-state index in [-0.39, 0.29) is 0 Å². The van der Waals surface area contributed by atoms with Gasteiger partial charge in [0.1, 0.15) is 11.5 Å². The monoisotopic (exact) mass is 334 g/mol. The smallest absolute Gasteiger partial charge is 0.148 e. The Balaban J connectivity index is 2.24. The van der Waals surface area contributed by atoms with Gasteiger partial charge in [-0.15, -0.1) is 0 Å². The van der Waals surface area contributed by atoms with Crippen LogP contribution < -0.4 is 10.1 Å². The molecule has 0 aliphatic carbocycles. The van der Waals surface area contributed by atoms with Gasteiger partial charge in [-0.1, -0.05) is 29.8 Å². The van der Waals surface area contributed by atoms with E-state index in [1.807, 2.05) is 31.2 Å². The number of nitrogens with one attached hydrogen (secondary N) is 1. The molecule has 1 aromatic heterocycles. The van der Waals surface area contributed by atoms with Crippen molar-refractivity contribution in [1.29, 1.82) is 0 Å². The van der Waals surface area contributed by atoms with Crippen LogP contribution in [0.3, 0.4) is 0 Å². The summed E-state index contributed by atoms with van der Waals surface area (Å²) < 4.78 is 7.05. The molecule has 0 spiro atoms. The van der Waals surface area contributed by atoms with Gasteiger partial charge in [-0.2, -0.15) is 0 Å². The van der Waals surface area contributed by atoms with Crippen LogP contribution in [0.25, 0.3) is 0 Å². The molecule has 3 nitrogen and oxygen atoms in total. The molecular weight excluding hydrogens is 316 g/mol. The second-order valence-corrected chi connectivity index (χ2v) is 5.89. The molecule has 0 fully saturated rings. The summed E-state index contributed by atoms with van der Waals surface area (Å²) in [6.45, 7) is 6.97. The van der Waals surface area contributed by atoms with Crippen molar-refractivity contribution in [2.45, 2.75) is 33.4 Å². The minimum atomic E-state index is 0.432. The van der Waals surface area contributed by atoms with Gasteiger partial charge in [-0.25, -0.2) is 0 Å². The van der Waals surface area contributed by atoms with Gasteiger partial charge < -0.3 is 10.1 Å². The Morgan fingerprint density at radius 2 is 2.05 bits per heavy atom. The summed E-state index contributed by atoms with van der Waals surface area (Å²) in [6.07, 6.45) is 1.77. The third-order valence-electron chi connectivity index (χ3n) is 2.90. The Bertz CT molecular complexity index is 584. The van der Waals surface area contributed by atoms with Gasteiger partial charge in [0.2, 0.25) is 0 Å². The predicted molar refractivity (Wildman–Crippen MR) is 85.2 cm³/mol. The molecule has 0 saturated heterocycles. The van der Waals surface area contributed by atoms with Crippen LogP contribution >= 0.6 is 15.9 Å². The van der Waals surface area contributed by atoms with Gasteiger partial charge >= 0.3 is 0 Å². The lowest BCUT2D eigenvalue weighted by Gasteiger charge is -2.14. The molecule has 0 atom stereocenters. The predicted octanol–water partition coefficient (Wildman–Crippen LogP) is 4.44. The van der Waals surface area contributed by atoms with E-state index in [1.165, 1.54) is 0 Å². The molecule has 0 unspecified atom stereocenters. The van der Waals surface area contributed by atoms with Crippen LogP contribution in [-0.2, 0) is 6.54 Å². The van der Waals surface area contributed by atoms with Crippen molar-refractivity contribution in [3.8, 4) is 11.5 Å². The summed E-state index contributed by atoms with van der Waals surface area (Å²) >= 11 is 3.51. The van der Waals surface area contributed by atoms with Gasteiger partial charge in [-0.05, 0) is 37.3 Å². The van der Waals surface area contributed by atoms with Crippen molar-refractivity contribution in [3.63, 3.8) is 0 Å². The molecule has 2 rings (SSSR count). The van der Waals surface area contributed by atoms with Crippen LogP contribution in [0.5, 0.6) is 11.5 Å². The zero-order chi connectivity index (χ0) is 14.5. The number of hydrogen-bond donors (Lipinski definition) is 1. The third-order valence-corrected chi connectivity index (χ3v) is 3.39. The van der Waals surface area contributed by atoms with Crippen molar-refractivity contribution in [3.05, 3.63) is 52.3 Å². The normalized spacial score (nSPS) is 10.8. The lowest BCUT2D eigenvalue weighted by Crippen LogP contribution is -2.22. The standard InChI is InChI=1S/C16H19BrN2O/c1-11(2)19-10-13-9-14(17)6-7-16(13)20-15-5-4-8-18-12(15)3/h4-9,11,19H,10H2,1-3H3. The third kappa shape index (κ3) is 4.05. The zero-order valence-corrected chi connectivity index (χ0v) is 13.6. The molecule has 2 aromatic rings. The van der Waals surface area contributed by atoms with Crippen LogP contribution in [-0.4, -0.2) is 11.0 Å². The van der Waals surface area contributed by atoms with Gasteiger partial charge in [0.05, 0.1) is 5.69 Å². The average molecular weight is 335 g/mol. The number of pyridine rings is 1. The van der Waals surface area contributed by atoms with Crippen molar-refractivity contribution in [2.24, 2.45) is 0 Å². The molecule has 1 heterocycles. The SMILES string of the molecule is Cc1ncccc1Oc1ccc(Br)cc1CNC(C)C. The maximum absolute atomic E-state index is 6.00. The van der Waals surface area contributed by atoms with Gasteiger partial charge in [0.25, 0.3) is 0 Å². The van der Waals surface area contributed by atoms with Crippen LogP contribution in [0.1, 0.15) is 25.1 Å². The minimum absolute atomic E-state index is 0.432. The Labute approximate surface area is 128 Å². The number of ether oxygens (including phenoxy) is 1. The lowest BCUT2D eigenvalue weighted by atomic mass is 10.2. The summed E-state index contributed by atoms with van der Waals surface area (Å²) in [5.41, 5.74) is 2.01. The highest BCUT2D eigenvalue weighted by Crippen LogP contribution is 2.29. The number of halogens is 1. The molecule has 0 aliphatic rings. The molecule has 106 valence electrons. The average Bonchev–Trinajstić information content (AvgIpc) is 2.41. The maximum Gasteiger partial charge on any atom is 0.148 e. The van der Waals surface area contributed by atoms with E-state index in [0.717, 1.165) is 33.8 Å². The molecule has 0 bridgehead atoms. The number of aryl methyl sites for hydroxylation is 1. The van der Waals surface area contributed by atoms with Crippen molar-refractivity contribution in [2.75, 3.05) is 0 Å². The number of benzene rings is 1. The highest BCUT2D eigenvalue weighted by molar-refractivity contribution is 9.10. The molecule has 1 aromatic carbocycles. The van der Waals surface area contributed by atoms with Gasteiger partial charge in [-0.3, -0.25) is 4.98 Å². The molecule has 0 saturated carbocycles. The zero-order valence-electron chi connectivity index (χ0n) is 12.0. The van der Waals surface area contributed by atoms with Crippen LogP contribution in [0.15, 0.2) is 41.0 Å². The number of rotatable bonds is 5. The number of nitrogens with zero attached hydrogens (tertiary/aromatic N) is 1. The molecular formula is C16H19BrN2O. The molecule has 1 N–H and O–H groups in total. The van der Waals surface area contributed by atoms with Gasteiger partial charge in [0, 0.05) is 28.8 Å². The number of hydrogen-bond acceptors (Lipinski definition) is 3. The van der Waals surface area contributed by atoms with E-state index in [2.05, 4.69) is 46.1 Å². The van der Waals surface area contributed by atoms with Crippen molar-refractivity contribution >= 4 is 15.9 Å². The fourth-order valence-corrected chi connectivity index (χ4v) is 2.20. The molecule has 20 heavy (non-hydrogen) atoms. The Morgan fingerprint density at radius 1 is 1.25 bits per heavy atom. The Kier molecular flexibility index (Phi) is 5.15. The van der Waals surface area contributed by atoms with E-state index in [1.54, 1.807) is 6.20 Å². The van der Waals surface area contributed by atoms with E-state index >= 15 is 0 Å². The first-order valence-electron chi connectivity index (χ1n) is 6.67. The van der Waals surface area contributed by atoms with Gasteiger partial charge in [0.15, 0.2) is 0 Å². The fraction of sp³-hybridized carbons (Fsp3) is 0.312. The quantitative estimate of drug-likeness (QED) is 0.877. The molecule has 0 amide bonds. The van der Waals surface area contributed by atoms with Crippen molar-refractivity contribution in [1.82, 2.24) is 10.3 Å². The summed E-state index contributed by atoms with van der Waals surface area (Å²) in [5, 5.41) is 3.41. The van der Waals surface area contributed by atoms with E-state index in [0.29, 0.717) is 6.04 Å². The first-order valence-corrected chi connectivity index (χ1v) is 7.47. The Morgan fingerprint density at radius 3 is 2.75 bits per heavy atom. The maximum atomic E-state index is 6.00. The molecule has 0 radical (unpaired) electrons. The van der Waals surface area contributed by atoms with Crippen LogP contribution in [0.4, 0.5) is 0 Å². The topological polar surface area (TPSA) is 34.1 Å². The Hall–Kier alpha value is -1.39. The summed E-state index contributed by atoms with van der Waals surface area (Å²) in [6, 6.07) is 10.3. The summed E-state index contributed by atoms with van der Waals surface area (Å²) in [5.74, 6) is 1.65. The highest BCUT2D eigenvalue weighted by Gasteiger charge is 2.08. The molecule has 0 aliphatic heterocycles. The van der Waals surface area contributed by atoms with Crippen molar-refractivity contribution < 1.29 is 4.74 Å². The van der Waals surface area contributed by atoms with Crippen LogP contribution in [0.2, 0.25) is 0 Å². The summed E-state index contributed by atoms with van der Waals surface area (Å²) in [4.78, 5) is 4.25. The second-order valence-electron chi connectivity index (χ2n) is 4.98. The minimum Gasteiger partial charge on any atom is -0.455 e. The second kappa shape index (κ2) is 6.86. The fourth-order valence-electron chi connectivity index (χ4n) is 1.80. The van der Waals surface area contributed by atoms with E-state index in [4.69, 9.17) is 4.74 Å². The summed E-state index contributed by atoms with van der Waals surface area (Å²) in [7, 11) is 0. The highest BCUT2D eigenvalue weighted by atomic mass is 79.9. The van der Waals surface area contributed by atoms with E-state index < -0.39 is 0 Å². The number of aromatic nitrogens is 1. The molecule has 4 heteroatoms. The first kappa shape index (κ1) is 15.0.